The molecule has 1 aliphatic rings. The van der Waals surface area contributed by atoms with Crippen molar-refractivity contribution in [3.05, 3.63) is 46.3 Å². The highest BCUT2D eigenvalue weighted by Crippen LogP contribution is 2.41. The van der Waals surface area contributed by atoms with E-state index in [4.69, 9.17) is 14.2 Å². The zero-order chi connectivity index (χ0) is 19.4. The Labute approximate surface area is 153 Å². The van der Waals surface area contributed by atoms with Crippen LogP contribution in [-0.2, 0) is 14.3 Å². The fourth-order valence-electron chi connectivity index (χ4n) is 3.31. The van der Waals surface area contributed by atoms with Gasteiger partial charge in [0.15, 0.2) is 17.3 Å². The van der Waals surface area contributed by atoms with Crippen molar-refractivity contribution < 1.29 is 23.8 Å². The van der Waals surface area contributed by atoms with Crippen LogP contribution in [0.3, 0.4) is 0 Å². The van der Waals surface area contributed by atoms with Gasteiger partial charge in [-0.3, -0.25) is 4.79 Å². The summed E-state index contributed by atoms with van der Waals surface area (Å²) >= 11 is 0. The van der Waals surface area contributed by atoms with Crippen molar-refractivity contribution in [3.8, 4) is 11.5 Å². The largest absolute Gasteiger partial charge is 0.493 e. The van der Waals surface area contributed by atoms with E-state index in [9.17, 15) is 9.59 Å². The van der Waals surface area contributed by atoms with Gasteiger partial charge in [0.1, 0.15) is 0 Å². The molecule has 2 rings (SSSR count). The molecule has 6 heteroatoms. The Morgan fingerprint density at radius 2 is 1.65 bits per heavy atom. The molecule has 0 bridgehead atoms. The summed E-state index contributed by atoms with van der Waals surface area (Å²) in [6.45, 7) is 7.14. The van der Waals surface area contributed by atoms with Gasteiger partial charge in [-0.2, -0.15) is 0 Å². The zero-order valence-electron chi connectivity index (χ0n) is 16.1. The standard InChI is InChI=1S/C20H25NO5/c1-7-26-20(23)18-12(3)21-11(2)17(13(4)22)19(18)14-8-9-15(24-5)16(10-14)25-6/h8-10,19,21H,7H2,1-6H3. The van der Waals surface area contributed by atoms with E-state index in [1.165, 1.54) is 6.92 Å². The van der Waals surface area contributed by atoms with Crippen LogP contribution in [-0.4, -0.2) is 32.6 Å². The third kappa shape index (κ3) is 3.59. The highest BCUT2D eigenvalue weighted by Gasteiger charge is 2.36. The number of ketones is 1. The number of carbonyl (C=O) groups excluding carboxylic acids is 2. The molecule has 0 amide bonds. The third-order valence-electron chi connectivity index (χ3n) is 4.38. The second kappa shape index (κ2) is 8.08. The van der Waals surface area contributed by atoms with Crippen LogP contribution >= 0.6 is 0 Å². The van der Waals surface area contributed by atoms with Crippen LogP contribution in [0, 0.1) is 0 Å². The Hall–Kier alpha value is -2.76. The molecule has 6 nitrogen and oxygen atoms in total. The maximum atomic E-state index is 12.6. The minimum atomic E-state index is -0.535. The number of dihydropyridines is 1. The maximum absolute atomic E-state index is 12.6. The molecule has 26 heavy (non-hydrogen) atoms. The zero-order valence-corrected chi connectivity index (χ0v) is 16.1. The lowest BCUT2D eigenvalue weighted by Crippen LogP contribution is -2.31. The Balaban J connectivity index is 2.69. The van der Waals surface area contributed by atoms with Crippen LogP contribution < -0.4 is 14.8 Å². The summed E-state index contributed by atoms with van der Waals surface area (Å²) in [5, 5.41) is 3.13. The molecule has 0 saturated carbocycles. The van der Waals surface area contributed by atoms with Crippen LogP contribution in [0.25, 0.3) is 0 Å². The summed E-state index contributed by atoms with van der Waals surface area (Å²) < 4.78 is 15.9. The van der Waals surface area contributed by atoms with Crippen molar-refractivity contribution in [1.82, 2.24) is 5.32 Å². The maximum Gasteiger partial charge on any atom is 0.336 e. The third-order valence-corrected chi connectivity index (χ3v) is 4.38. The minimum Gasteiger partial charge on any atom is -0.493 e. The Bertz CT molecular complexity index is 791. The molecule has 0 aliphatic carbocycles. The first-order valence-corrected chi connectivity index (χ1v) is 8.44. The molecule has 1 atom stereocenters. The van der Waals surface area contributed by atoms with Crippen molar-refractivity contribution in [2.45, 2.75) is 33.6 Å². The molecule has 1 aliphatic heterocycles. The van der Waals surface area contributed by atoms with Gasteiger partial charge < -0.3 is 19.5 Å². The van der Waals surface area contributed by atoms with Crippen molar-refractivity contribution >= 4 is 11.8 Å². The highest BCUT2D eigenvalue weighted by molar-refractivity contribution is 6.02. The molecule has 140 valence electrons. The fraction of sp³-hybridized carbons (Fsp3) is 0.400. The summed E-state index contributed by atoms with van der Waals surface area (Å²) in [7, 11) is 3.10. The molecule has 0 saturated heterocycles. The molecule has 1 aromatic carbocycles. The van der Waals surface area contributed by atoms with Gasteiger partial charge in [0.25, 0.3) is 0 Å². The number of methoxy groups -OCH3 is 2. The quantitative estimate of drug-likeness (QED) is 0.787. The van der Waals surface area contributed by atoms with Crippen LogP contribution in [0.15, 0.2) is 40.7 Å². The van der Waals surface area contributed by atoms with Crippen molar-refractivity contribution in [2.75, 3.05) is 20.8 Å². The van der Waals surface area contributed by atoms with Crippen LogP contribution in [0.1, 0.15) is 39.2 Å². The van der Waals surface area contributed by atoms with Crippen LogP contribution in [0.4, 0.5) is 0 Å². The number of allylic oxidation sites excluding steroid dienone is 3. The van der Waals surface area contributed by atoms with Gasteiger partial charge in [-0.15, -0.1) is 0 Å². The van der Waals surface area contributed by atoms with Gasteiger partial charge in [0.05, 0.1) is 26.4 Å². The van der Waals surface area contributed by atoms with E-state index in [0.29, 0.717) is 28.3 Å². The van der Waals surface area contributed by atoms with Gasteiger partial charge in [-0.1, -0.05) is 6.07 Å². The number of rotatable bonds is 6. The molecule has 0 fully saturated rings. The molecular weight excluding hydrogens is 334 g/mol. The number of benzene rings is 1. The molecule has 1 unspecified atom stereocenters. The summed E-state index contributed by atoms with van der Waals surface area (Å²) in [4.78, 5) is 25.0. The monoisotopic (exact) mass is 359 g/mol. The Kier molecular flexibility index (Phi) is 6.08. The molecule has 1 aromatic rings. The lowest BCUT2D eigenvalue weighted by Gasteiger charge is -2.30. The minimum absolute atomic E-state index is 0.107. The van der Waals surface area contributed by atoms with E-state index < -0.39 is 11.9 Å². The topological polar surface area (TPSA) is 73.9 Å². The van der Waals surface area contributed by atoms with Gasteiger partial charge in [-0.25, -0.2) is 4.79 Å². The highest BCUT2D eigenvalue weighted by atomic mass is 16.5. The van der Waals surface area contributed by atoms with Gasteiger partial charge >= 0.3 is 5.97 Å². The number of hydrogen-bond donors (Lipinski definition) is 1. The first kappa shape index (κ1) is 19.6. The average Bonchev–Trinajstić information content (AvgIpc) is 2.60. The number of Topliss-reactive ketones (excluding diaryl/α,β-unsaturated/α-hetero) is 1. The van der Waals surface area contributed by atoms with Gasteiger partial charge in [0.2, 0.25) is 0 Å². The molecule has 1 N–H and O–H groups in total. The van der Waals surface area contributed by atoms with E-state index in [2.05, 4.69) is 5.32 Å². The second-order valence-electron chi connectivity index (χ2n) is 6.03. The van der Waals surface area contributed by atoms with E-state index in [-0.39, 0.29) is 12.4 Å². The number of ether oxygens (including phenoxy) is 3. The Morgan fingerprint density at radius 3 is 2.19 bits per heavy atom. The van der Waals surface area contributed by atoms with Gasteiger partial charge in [-0.05, 0) is 45.4 Å². The number of hydrogen-bond acceptors (Lipinski definition) is 6. The predicted molar refractivity (Wildman–Crippen MR) is 98.1 cm³/mol. The van der Waals surface area contributed by atoms with E-state index in [1.807, 2.05) is 13.0 Å². The molecule has 0 radical (unpaired) electrons. The fourth-order valence-corrected chi connectivity index (χ4v) is 3.31. The van der Waals surface area contributed by atoms with E-state index in [0.717, 1.165) is 11.3 Å². The normalized spacial score (nSPS) is 16.9. The van der Waals surface area contributed by atoms with Crippen LogP contribution in [0.5, 0.6) is 11.5 Å². The summed E-state index contributed by atoms with van der Waals surface area (Å²) in [5.41, 5.74) is 3.12. The van der Waals surface area contributed by atoms with Crippen molar-refractivity contribution in [2.24, 2.45) is 0 Å². The molecular formula is C20H25NO5. The Morgan fingerprint density at radius 1 is 1.04 bits per heavy atom. The van der Waals surface area contributed by atoms with Gasteiger partial charge in [0, 0.05) is 22.9 Å². The summed E-state index contributed by atoms with van der Waals surface area (Å²) in [5.74, 6) is 0.0267. The lowest BCUT2D eigenvalue weighted by molar-refractivity contribution is -0.138. The van der Waals surface area contributed by atoms with E-state index in [1.54, 1.807) is 40.2 Å². The molecule has 0 spiro atoms. The SMILES string of the molecule is CCOC(=O)C1=C(C)NC(C)=C(C(C)=O)C1c1ccc(OC)c(OC)c1. The van der Waals surface area contributed by atoms with Crippen LogP contribution in [0.2, 0.25) is 0 Å². The average molecular weight is 359 g/mol. The van der Waals surface area contributed by atoms with Crippen molar-refractivity contribution in [1.29, 1.82) is 0 Å². The lowest BCUT2D eigenvalue weighted by atomic mass is 9.79. The first-order chi connectivity index (χ1) is 12.3. The first-order valence-electron chi connectivity index (χ1n) is 8.44. The second-order valence-corrected chi connectivity index (χ2v) is 6.03. The smallest absolute Gasteiger partial charge is 0.336 e. The summed E-state index contributed by atoms with van der Waals surface area (Å²) in [6, 6.07) is 5.39. The predicted octanol–water partition coefficient (Wildman–Crippen LogP) is 3.09. The molecule has 1 heterocycles. The number of nitrogens with one attached hydrogen (secondary N) is 1. The van der Waals surface area contributed by atoms with Crippen molar-refractivity contribution in [3.63, 3.8) is 0 Å². The number of esters is 1. The molecule has 0 aromatic heterocycles. The van der Waals surface area contributed by atoms with E-state index >= 15 is 0 Å². The summed E-state index contributed by atoms with van der Waals surface area (Å²) in [6.07, 6.45) is 0. The number of carbonyl (C=O) groups is 2.